The third-order valence-electron chi connectivity index (χ3n) is 4.05. The zero-order valence-electron chi connectivity index (χ0n) is 12.0. The molecule has 4 heteroatoms. The number of fused-ring (bicyclic) bond motifs is 1. The van der Waals surface area contributed by atoms with Gasteiger partial charge in [-0.2, -0.15) is 0 Å². The van der Waals surface area contributed by atoms with Gasteiger partial charge < -0.3 is 14.6 Å². The molecule has 0 spiro atoms. The molecule has 0 bridgehead atoms. The molecule has 0 saturated carbocycles. The Hall–Kier alpha value is -1.97. The maximum absolute atomic E-state index is 12.1. The van der Waals surface area contributed by atoms with Crippen LogP contribution in [0.1, 0.15) is 24.7 Å². The van der Waals surface area contributed by atoms with E-state index in [4.69, 9.17) is 4.42 Å². The number of furan rings is 1. The number of aryl methyl sites for hydroxylation is 1. The third-order valence-corrected chi connectivity index (χ3v) is 4.05. The van der Waals surface area contributed by atoms with Crippen LogP contribution in [0.4, 0.5) is 4.79 Å². The van der Waals surface area contributed by atoms with E-state index in [0.717, 1.165) is 41.8 Å². The van der Waals surface area contributed by atoms with Gasteiger partial charge in [0.05, 0.1) is 6.54 Å². The van der Waals surface area contributed by atoms with Gasteiger partial charge in [-0.3, -0.25) is 0 Å². The largest absolute Gasteiger partial charge is 0.459 e. The molecule has 0 radical (unpaired) electrons. The lowest BCUT2D eigenvalue weighted by atomic mass is 10.1. The summed E-state index contributed by atoms with van der Waals surface area (Å²) in [6.45, 7) is 6.36. The third kappa shape index (κ3) is 2.38. The molecular formula is C16H20N2O2. The molecule has 1 atom stereocenters. The van der Waals surface area contributed by atoms with Crippen LogP contribution in [0.2, 0.25) is 0 Å². The number of benzene rings is 1. The first-order chi connectivity index (χ1) is 9.65. The Morgan fingerprint density at radius 2 is 2.25 bits per heavy atom. The lowest BCUT2D eigenvalue weighted by Crippen LogP contribution is -2.38. The highest BCUT2D eigenvalue weighted by atomic mass is 16.3. The summed E-state index contributed by atoms with van der Waals surface area (Å²) in [5, 5.41) is 4.07. The molecule has 1 fully saturated rings. The first kappa shape index (κ1) is 13.0. The Balaban J connectivity index is 1.68. The second kappa shape index (κ2) is 5.19. The standard InChI is InChI=1S/C16H20N2O2/c1-11-7-8-18(10-11)16(19)17-9-15-12(2)13-5-3-4-6-14(13)20-15/h3-6,11H,7-10H2,1-2H3,(H,17,19). The van der Waals surface area contributed by atoms with E-state index in [1.165, 1.54) is 0 Å². The van der Waals surface area contributed by atoms with Gasteiger partial charge in [0, 0.05) is 24.0 Å². The van der Waals surface area contributed by atoms with Gasteiger partial charge in [-0.25, -0.2) is 4.79 Å². The van der Waals surface area contributed by atoms with Crippen molar-refractivity contribution in [3.8, 4) is 0 Å². The highest BCUT2D eigenvalue weighted by Gasteiger charge is 2.23. The molecule has 106 valence electrons. The Kier molecular flexibility index (Phi) is 3.38. The molecule has 1 aliphatic heterocycles. The molecule has 1 saturated heterocycles. The average molecular weight is 272 g/mol. The smallest absolute Gasteiger partial charge is 0.317 e. The summed E-state index contributed by atoms with van der Waals surface area (Å²) < 4.78 is 5.80. The van der Waals surface area contributed by atoms with E-state index in [-0.39, 0.29) is 6.03 Å². The second-order valence-electron chi connectivity index (χ2n) is 5.64. The van der Waals surface area contributed by atoms with E-state index in [1.807, 2.05) is 36.1 Å². The minimum absolute atomic E-state index is 0.00852. The summed E-state index contributed by atoms with van der Waals surface area (Å²) in [4.78, 5) is 13.9. The molecule has 1 aromatic heterocycles. The van der Waals surface area contributed by atoms with Crippen molar-refractivity contribution in [2.45, 2.75) is 26.8 Å². The first-order valence-corrected chi connectivity index (χ1v) is 7.15. The normalized spacial score (nSPS) is 18.7. The van der Waals surface area contributed by atoms with Gasteiger partial charge >= 0.3 is 6.03 Å². The van der Waals surface area contributed by atoms with Crippen molar-refractivity contribution in [2.24, 2.45) is 5.92 Å². The van der Waals surface area contributed by atoms with Gasteiger partial charge in [0.1, 0.15) is 11.3 Å². The number of hydrogen-bond acceptors (Lipinski definition) is 2. The summed E-state index contributed by atoms with van der Waals surface area (Å²) >= 11 is 0. The minimum Gasteiger partial charge on any atom is -0.459 e. The molecule has 2 amide bonds. The van der Waals surface area contributed by atoms with Crippen LogP contribution in [0.3, 0.4) is 0 Å². The summed E-state index contributed by atoms with van der Waals surface area (Å²) in [7, 11) is 0. The SMILES string of the molecule is Cc1c(CNC(=O)N2CCC(C)C2)oc2ccccc12. The fourth-order valence-electron chi connectivity index (χ4n) is 2.78. The number of urea groups is 1. The van der Waals surface area contributed by atoms with Crippen molar-refractivity contribution < 1.29 is 9.21 Å². The molecule has 2 heterocycles. The van der Waals surface area contributed by atoms with Crippen molar-refractivity contribution in [1.82, 2.24) is 10.2 Å². The summed E-state index contributed by atoms with van der Waals surface area (Å²) in [6, 6.07) is 7.96. The molecule has 1 N–H and O–H groups in total. The van der Waals surface area contributed by atoms with E-state index >= 15 is 0 Å². The Bertz CT molecular complexity index is 632. The van der Waals surface area contributed by atoms with Gasteiger partial charge in [-0.1, -0.05) is 25.1 Å². The number of nitrogens with one attached hydrogen (secondary N) is 1. The maximum Gasteiger partial charge on any atom is 0.317 e. The van der Waals surface area contributed by atoms with E-state index in [9.17, 15) is 4.79 Å². The number of likely N-dealkylation sites (tertiary alicyclic amines) is 1. The lowest BCUT2D eigenvalue weighted by molar-refractivity contribution is 0.206. The zero-order valence-corrected chi connectivity index (χ0v) is 12.0. The van der Waals surface area contributed by atoms with Crippen LogP contribution in [0.25, 0.3) is 11.0 Å². The van der Waals surface area contributed by atoms with Crippen LogP contribution < -0.4 is 5.32 Å². The minimum atomic E-state index is 0.00852. The number of amides is 2. The fourth-order valence-corrected chi connectivity index (χ4v) is 2.78. The van der Waals surface area contributed by atoms with E-state index < -0.39 is 0 Å². The van der Waals surface area contributed by atoms with Crippen LogP contribution >= 0.6 is 0 Å². The van der Waals surface area contributed by atoms with E-state index in [2.05, 4.69) is 12.2 Å². The molecule has 3 rings (SSSR count). The van der Waals surface area contributed by atoms with Crippen LogP contribution in [0.15, 0.2) is 28.7 Å². The van der Waals surface area contributed by atoms with Gasteiger partial charge in [-0.15, -0.1) is 0 Å². The van der Waals surface area contributed by atoms with Crippen molar-refractivity contribution in [3.63, 3.8) is 0 Å². The van der Waals surface area contributed by atoms with Crippen molar-refractivity contribution in [3.05, 3.63) is 35.6 Å². The van der Waals surface area contributed by atoms with Gasteiger partial charge in [-0.05, 0) is 25.3 Å². The Morgan fingerprint density at radius 1 is 1.45 bits per heavy atom. The van der Waals surface area contributed by atoms with Gasteiger partial charge in [0.25, 0.3) is 0 Å². The Labute approximate surface area is 118 Å². The predicted octanol–water partition coefficient (Wildman–Crippen LogP) is 3.29. The molecule has 1 unspecified atom stereocenters. The van der Waals surface area contributed by atoms with Crippen LogP contribution in [0, 0.1) is 12.8 Å². The van der Waals surface area contributed by atoms with E-state index in [0.29, 0.717) is 12.5 Å². The highest BCUT2D eigenvalue weighted by Crippen LogP contribution is 2.24. The maximum atomic E-state index is 12.1. The molecule has 4 nitrogen and oxygen atoms in total. The predicted molar refractivity (Wildman–Crippen MR) is 78.5 cm³/mol. The van der Waals surface area contributed by atoms with Crippen LogP contribution in [-0.4, -0.2) is 24.0 Å². The highest BCUT2D eigenvalue weighted by molar-refractivity contribution is 5.82. The number of rotatable bonds is 2. The first-order valence-electron chi connectivity index (χ1n) is 7.15. The average Bonchev–Trinajstić information content (AvgIpc) is 3.01. The van der Waals surface area contributed by atoms with Gasteiger partial charge in [0.15, 0.2) is 0 Å². The monoisotopic (exact) mass is 272 g/mol. The van der Waals surface area contributed by atoms with Crippen molar-refractivity contribution in [2.75, 3.05) is 13.1 Å². The number of para-hydroxylation sites is 1. The Morgan fingerprint density at radius 3 is 2.95 bits per heavy atom. The quantitative estimate of drug-likeness (QED) is 0.911. The second-order valence-corrected chi connectivity index (χ2v) is 5.64. The van der Waals surface area contributed by atoms with E-state index in [1.54, 1.807) is 0 Å². The molecule has 0 aliphatic carbocycles. The molecule has 1 aliphatic rings. The number of carbonyl (C=O) groups excluding carboxylic acids is 1. The van der Waals surface area contributed by atoms with Crippen LogP contribution in [-0.2, 0) is 6.54 Å². The topological polar surface area (TPSA) is 45.5 Å². The summed E-state index contributed by atoms with van der Waals surface area (Å²) in [5.74, 6) is 1.44. The fraction of sp³-hybridized carbons (Fsp3) is 0.438. The van der Waals surface area contributed by atoms with Crippen molar-refractivity contribution in [1.29, 1.82) is 0 Å². The molecule has 1 aromatic carbocycles. The van der Waals surface area contributed by atoms with Crippen molar-refractivity contribution >= 4 is 17.0 Å². The number of nitrogens with zero attached hydrogens (tertiary/aromatic N) is 1. The summed E-state index contributed by atoms with van der Waals surface area (Å²) in [6.07, 6.45) is 1.09. The summed E-state index contributed by atoms with van der Waals surface area (Å²) in [5.41, 5.74) is 1.99. The zero-order chi connectivity index (χ0) is 14.1. The molecule has 2 aromatic rings. The van der Waals surface area contributed by atoms with Crippen LogP contribution in [0.5, 0.6) is 0 Å². The lowest BCUT2D eigenvalue weighted by Gasteiger charge is -2.16. The molecule has 20 heavy (non-hydrogen) atoms. The van der Waals surface area contributed by atoms with Gasteiger partial charge in [0.2, 0.25) is 0 Å². The number of hydrogen-bond donors (Lipinski definition) is 1. The number of carbonyl (C=O) groups is 1. The molecular weight excluding hydrogens is 252 g/mol.